The Balaban J connectivity index is 2.45. The van der Waals surface area contributed by atoms with Crippen LogP contribution in [-0.2, 0) is 0 Å². The molecule has 0 saturated carbocycles. The molecule has 2 heteroatoms. The lowest BCUT2D eigenvalue weighted by Crippen LogP contribution is -2.20. The van der Waals surface area contributed by atoms with Crippen molar-refractivity contribution in [1.82, 2.24) is 0 Å². The molecule has 2 nitrogen and oxygen atoms in total. The Morgan fingerprint density at radius 2 is 1.53 bits per heavy atom. The largest absolute Gasteiger partial charge is 0.293 e. The number of Topliss-reactive ketones (excluding diaryl/α,β-unsaturated/α-hetero) is 2. The molecule has 0 aromatic heterocycles. The van der Waals surface area contributed by atoms with E-state index < -0.39 is 0 Å². The Morgan fingerprint density at radius 3 is 1.93 bits per heavy atom. The molecule has 0 bridgehead atoms. The third-order valence-electron chi connectivity index (χ3n) is 3.01. The summed E-state index contributed by atoms with van der Waals surface area (Å²) < 4.78 is 0. The third kappa shape index (κ3) is 1.41. The number of hydrogen-bond acceptors (Lipinski definition) is 2. The van der Waals surface area contributed by atoms with Gasteiger partial charge in [0.1, 0.15) is 5.92 Å². The van der Waals surface area contributed by atoms with Crippen LogP contribution in [0.1, 0.15) is 41.0 Å². The molecular formula is C13H13O2. The predicted octanol–water partition coefficient (Wildman–Crippen LogP) is 2.69. The van der Waals surface area contributed by atoms with Crippen LogP contribution in [-0.4, -0.2) is 11.6 Å². The first-order valence-corrected chi connectivity index (χ1v) is 5.22. The normalized spacial score (nSPS) is 18.0. The van der Waals surface area contributed by atoms with E-state index in [-0.39, 0.29) is 17.5 Å². The third-order valence-corrected chi connectivity index (χ3v) is 3.01. The van der Waals surface area contributed by atoms with Crippen molar-refractivity contribution in [3.8, 4) is 0 Å². The zero-order valence-electron chi connectivity index (χ0n) is 8.91. The molecule has 0 aliphatic heterocycles. The summed E-state index contributed by atoms with van der Waals surface area (Å²) in [5.41, 5.74) is 1.13. The molecule has 1 aromatic carbocycles. The topological polar surface area (TPSA) is 34.1 Å². The molecule has 1 aliphatic rings. The van der Waals surface area contributed by atoms with E-state index in [4.69, 9.17) is 0 Å². The molecule has 1 atom stereocenters. The van der Waals surface area contributed by atoms with E-state index in [0.29, 0.717) is 17.0 Å². The highest BCUT2D eigenvalue weighted by molar-refractivity contribution is 6.36. The summed E-state index contributed by atoms with van der Waals surface area (Å²) >= 11 is 0. The summed E-state index contributed by atoms with van der Waals surface area (Å²) in [7, 11) is 0. The molecule has 1 aromatic rings. The Morgan fingerprint density at radius 1 is 1.07 bits per heavy atom. The lowest BCUT2D eigenvalue weighted by molar-refractivity contribution is 0.0926. The van der Waals surface area contributed by atoms with Gasteiger partial charge < -0.3 is 0 Å². The molecule has 2 rings (SSSR count). The first-order chi connectivity index (χ1) is 7.16. The van der Waals surface area contributed by atoms with E-state index >= 15 is 0 Å². The fraction of sp³-hybridized carbons (Fsp3) is 0.308. The number of ketones is 2. The van der Waals surface area contributed by atoms with E-state index in [1.165, 1.54) is 0 Å². The summed E-state index contributed by atoms with van der Waals surface area (Å²) in [5, 5.41) is 0. The summed E-state index contributed by atoms with van der Waals surface area (Å²) in [6.07, 6.45) is 0.820. The Bertz CT molecular complexity index is 385. The second-order valence-corrected chi connectivity index (χ2v) is 3.93. The summed E-state index contributed by atoms with van der Waals surface area (Å²) in [4.78, 5) is 23.9. The second-order valence-electron chi connectivity index (χ2n) is 3.93. The van der Waals surface area contributed by atoms with Gasteiger partial charge in [0.2, 0.25) is 0 Å². The molecule has 0 heterocycles. The van der Waals surface area contributed by atoms with Gasteiger partial charge in [-0.3, -0.25) is 9.59 Å². The number of carbonyl (C=O) groups excluding carboxylic acids is 2. The van der Waals surface area contributed by atoms with Gasteiger partial charge in [-0.05, 0) is 5.92 Å². The zero-order chi connectivity index (χ0) is 11.0. The second kappa shape index (κ2) is 3.61. The molecular weight excluding hydrogens is 188 g/mol. The van der Waals surface area contributed by atoms with E-state index in [1.54, 1.807) is 24.3 Å². The molecule has 15 heavy (non-hydrogen) atoms. The van der Waals surface area contributed by atoms with Gasteiger partial charge in [0, 0.05) is 11.1 Å². The van der Waals surface area contributed by atoms with Gasteiger partial charge in [0.05, 0.1) is 0 Å². The fourth-order valence-corrected chi connectivity index (χ4v) is 1.92. The van der Waals surface area contributed by atoms with Gasteiger partial charge >= 0.3 is 0 Å². The molecule has 0 spiro atoms. The SMILES string of the molecule is CCC(C)[C]1C(=O)c2ccccc2C1=O. The van der Waals surface area contributed by atoms with Crippen molar-refractivity contribution in [2.45, 2.75) is 20.3 Å². The lowest BCUT2D eigenvalue weighted by atomic mass is 9.88. The molecule has 1 radical (unpaired) electrons. The van der Waals surface area contributed by atoms with Crippen molar-refractivity contribution < 1.29 is 9.59 Å². The number of fused-ring (bicyclic) bond motifs is 1. The fourth-order valence-electron chi connectivity index (χ4n) is 1.92. The Hall–Kier alpha value is -1.44. The van der Waals surface area contributed by atoms with Crippen molar-refractivity contribution >= 4 is 11.6 Å². The number of rotatable bonds is 2. The van der Waals surface area contributed by atoms with Crippen molar-refractivity contribution in [2.75, 3.05) is 0 Å². The first-order valence-electron chi connectivity index (χ1n) is 5.22. The van der Waals surface area contributed by atoms with Gasteiger partial charge in [-0.2, -0.15) is 0 Å². The maximum Gasteiger partial charge on any atom is 0.179 e. The van der Waals surface area contributed by atoms with Crippen LogP contribution in [0.3, 0.4) is 0 Å². The minimum atomic E-state index is -0.0787. The quantitative estimate of drug-likeness (QED) is 0.737. The highest BCUT2D eigenvalue weighted by atomic mass is 16.2. The smallest absolute Gasteiger partial charge is 0.179 e. The van der Waals surface area contributed by atoms with Crippen LogP contribution < -0.4 is 0 Å². The monoisotopic (exact) mass is 201 g/mol. The van der Waals surface area contributed by atoms with Gasteiger partial charge in [0.25, 0.3) is 0 Å². The van der Waals surface area contributed by atoms with E-state index in [1.807, 2.05) is 13.8 Å². The minimum absolute atomic E-state index is 0.0531. The average Bonchev–Trinajstić information content (AvgIpc) is 2.52. The maximum atomic E-state index is 11.9. The number of carbonyl (C=O) groups is 2. The predicted molar refractivity (Wildman–Crippen MR) is 57.8 cm³/mol. The van der Waals surface area contributed by atoms with Crippen molar-refractivity contribution in [3.63, 3.8) is 0 Å². The molecule has 1 unspecified atom stereocenters. The molecule has 0 N–H and O–H groups in total. The van der Waals surface area contributed by atoms with Crippen LogP contribution in [0.25, 0.3) is 0 Å². The molecule has 1 aliphatic carbocycles. The molecule has 77 valence electrons. The van der Waals surface area contributed by atoms with Crippen LogP contribution in [0.15, 0.2) is 24.3 Å². The highest BCUT2D eigenvalue weighted by Gasteiger charge is 2.41. The van der Waals surface area contributed by atoms with Gasteiger partial charge in [-0.25, -0.2) is 0 Å². The van der Waals surface area contributed by atoms with Crippen LogP contribution in [0, 0.1) is 11.8 Å². The van der Waals surface area contributed by atoms with Crippen LogP contribution >= 0.6 is 0 Å². The van der Waals surface area contributed by atoms with E-state index in [9.17, 15) is 9.59 Å². The Kier molecular flexibility index (Phi) is 2.43. The number of benzene rings is 1. The van der Waals surface area contributed by atoms with Gasteiger partial charge in [-0.1, -0.05) is 44.5 Å². The summed E-state index contributed by atoms with van der Waals surface area (Å²) in [6, 6.07) is 7.04. The molecule has 0 saturated heterocycles. The van der Waals surface area contributed by atoms with Crippen molar-refractivity contribution in [2.24, 2.45) is 5.92 Å². The maximum absolute atomic E-state index is 11.9. The molecule has 0 amide bonds. The van der Waals surface area contributed by atoms with Crippen molar-refractivity contribution in [1.29, 1.82) is 0 Å². The first kappa shape index (κ1) is 10.1. The van der Waals surface area contributed by atoms with E-state index in [2.05, 4.69) is 0 Å². The zero-order valence-corrected chi connectivity index (χ0v) is 8.91. The van der Waals surface area contributed by atoms with Gasteiger partial charge in [0.15, 0.2) is 11.6 Å². The highest BCUT2D eigenvalue weighted by Crippen LogP contribution is 2.34. The Labute approximate surface area is 89.3 Å². The van der Waals surface area contributed by atoms with Crippen LogP contribution in [0.5, 0.6) is 0 Å². The standard InChI is InChI=1S/C13H13O2/c1-3-8(2)11-12(14)9-6-4-5-7-10(9)13(11)15/h4-8H,3H2,1-2H3. The van der Waals surface area contributed by atoms with Crippen LogP contribution in [0.2, 0.25) is 0 Å². The summed E-state index contributed by atoms with van der Waals surface area (Å²) in [5.74, 6) is 0.353. The van der Waals surface area contributed by atoms with Crippen molar-refractivity contribution in [3.05, 3.63) is 41.3 Å². The van der Waals surface area contributed by atoms with Crippen LogP contribution in [0.4, 0.5) is 0 Å². The van der Waals surface area contributed by atoms with Gasteiger partial charge in [-0.15, -0.1) is 0 Å². The van der Waals surface area contributed by atoms with E-state index in [0.717, 1.165) is 6.42 Å². The summed E-state index contributed by atoms with van der Waals surface area (Å²) in [6.45, 7) is 3.91. The lowest BCUT2D eigenvalue weighted by Gasteiger charge is -2.12. The average molecular weight is 201 g/mol. The number of hydrogen-bond donors (Lipinski definition) is 0. The molecule has 0 fully saturated rings. The minimum Gasteiger partial charge on any atom is -0.293 e.